The molecule has 0 spiro atoms. The Balaban J connectivity index is 1.54. The van der Waals surface area contributed by atoms with Crippen LogP contribution in [0.3, 0.4) is 0 Å². The summed E-state index contributed by atoms with van der Waals surface area (Å²) >= 11 is 2.05. The fraction of sp³-hybridized carbons (Fsp3) is 0.667. The third-order valence-corrected chi connectivity index (χ3v) is 6.31. The lowest BCUT2D eigenvalue weighted by Crippen LogP contribution is -2.46. The molecule has 2 unspecified atom stereocenters. The summed E-state index contributed by atoms with van der Waals surface area (Å²) < 4.78 is 0. The molecule has 2 heterocycles. The highest BCUT2D eigenvalue weighted by Crippen LogP contribution is 2.43. The number of nitrogens with zero attached hydrogens (tertiary/aromatic N) is 1. The zero-order valence-corrected chi connectivity index (χ0v) is 13.6. The zero-order valence-electron chi connectivity index (χ0n) is 12.8. The molecule has 0 bridgehead atoms. The molecule has 1 aromatic rings. The fourth-order valence-electron chi connectivity index (χ4n) is 3.94. The fourth-order valence-corrected chi connectivity index (χ4v) is 5.05. The molecular formula is C18H26N2S. The van der Waals surface area contributed by atoms with E-state index in [1.54, 1.807) is 5.56 Å². The third-order valence-electron chi connectivity index (χ3n) is 5.19. The first-order chi connectivity index (χ1) is 10.4. The van der Waals surface area contributed by atoms with Gasteiger partial charge in [0.05, 0.1) is 0 Å². The Morgan fingerprint density at radius 2 is 2.00 bits per heavy atom. The molecule has 2 atom stereocenters. The van der Waals surface area contributed by atoms with Crippen LogP contribution in [0.4, 0.5) is 0 Å². The molecule has 2 aliphatic heterocycles. The Morgan fingerprint density at radius 1 is 1.10 bits per heavy atom. The summed E-state index contributed by atoms with van der Waals surface area (Å²) in [6.07, 6.45) is 8.30. The van der Waals surface area contributed by atoms with Crippen molar-refractivity contribution in [1.82, 2.24) is 10.2 Å². The van der Waals surface area contributed by atoms with Crippen LogP contribution < -0.4 is 5.32 Å². The first-order valence-corrected chi connectivity index (χ1v) is 9.61. The van der Waals surface area contributed by atoms with E-state index in [4.69, 9.17) is 0 Å². The van der Waals surface area contributed by atoms with Crippen molar-refractivity contribution in [1.29, 1.82) is 0 Å². The van der Waals surface area contributed by atoms with Gasteiger partial charge in [0.2, 0.25) is 0 Å². The summed E-state index contributed by atoms with van der Waals surface area (Å²) in [4.78, 5) is 4.37. The molecule has 1 aromatic carbocycles. The molecule has 0 amide bonds. The van der Waals surface area contributed by atoms with Crippen LogP contribution in [0.2, 0.25) is 0 Å². The number of hydrogen-bond donors (Lipinski definition) is 1. The summed E-state index contributed by atoms with van der Waals surface area (Å²) in [6, 6.07) is 11.3. The Labute approximate surface area is 132 Å². The van der Waals surface area contributed by atoms with Crippen LogP contribution in [-0.4, -0.2) is 35.8 Å². The van der Waals surface area contributed by atoms with Crippen molar-refractivity contribution < 1.29 is 0 Å². The Morgan fingerprint density at radius 3 is 2.81 bits per heavy atom. The first-order valence-electron chi connectivity index (χ1n) is 8.62. The van der Waals surface area contributed by atoms with Gasteiger partial charge in [0.15, 0.2) is 0 Å². The van der Waals surface area contributed by atoms with Crippen molar-refractivity contribution in [2.24, 2.45) is 0 Å². The lowest BCUT2D eigenvalue weighted by Gasteiger charge is -2.39. The van der Waals surface area contributed by atoms with Crippen LogP contribution in [0.15, 0.2) is 29.2 Å². The number of hydrogen-bond acceptors (Lipinski definition) is 3. The van der Waals surface area contributed by atoms with E-state index in [1.165, 1.54) is 62.3 Å². The monoisotopic (exact) mass is 302 g/mol. The van der Waals surface area contributed by atoms with Gasteiger partial charge < -0.3 is 5.32 Å². The topological polar surface area (TPSA) is 15.3 Å². The van der Waals surface area contributed by atoms with Gasteiger partial charge in [-0.25, -0.2) is 0 Å². The molecule has 1 saturated carbocycles. The minimum atomic E-state index is 0.665. The third kappa shape index (κ3) is 3.15. The summed E-state index contributed by atoms with van der Waals surface area (Å²) in [6.45, 7) is 2.48. The lowest BCUT2D eigenvalue weighted by atomic mass is 9.99. The van der Waals surface area contributed by atoms with E-state index in [1.807, 2.05) is 11.8 Å². The zero-order chi connectivity index (χ0) is 14.1. The average molecular weight is 302 g/mol. The Hall–Kier alpha value is -0.510. The molecule has 2 nitrogen and oxygen atoms in total. The van der Waals surface area contributed by atoms with E-state index in [9.17, 15) is 0 Å². The maximum absolute atomic E-state index is 3.75. The van der Waals surface area contributed by atoms with Gasteiger partial charge in [0, 0.05) is 29.6 Å². The summed E-state index contributed by atoms with van der Waals surface area (Å²) in [5, 5.41) is 3.75. The van der Waals surface area contributed by atoms with Crippen molar-refractivity contribution in [3.63, 3.8) is 0 Å². The number of thioether (sulfide) groups is 1. The van der Waals surface area contributed by atoms with Gasteiger partial charge in [-0.2, -0.15) is 0 Å². The molecule has 0 aromatic heterocycles. The highest BCUT2D eigenvalue weighted by atomic mass is 32.2. The van der Waals surface area contributed by atoms with E-state index in [-0.39, 0.29) is 0 Å². The highest BCUT2D eigenvalue weighted by molar-refractivity contribution is 7.99. The predicted molar refractivity (Wildman–Crippen MR) is 89.9 cm³/mol. The number of rotatable bonds is 4. The van der Waals surface area contributed by atoms with Crippen LogP contribution >= 0.6 is 11.8 Å². The van der Waals surface area contributed by atoms with Crippen molar-refractivity contribution in [2.45, 2.75) is 61.5 Å². The van der Waals surface area contributed by atoms with Crippen molar-refractivity contribution in [3.05, 3.63) is 29.8 Å². The Bertz CT molecular complexity index is 480. The van der Waals surface area contributed by atoms with Crippen molar-refractivity contribution >= 4 is 11.8 Å². The smallest absolute Gasteiger partial charge is 0.0370 e. The summed E-state index contributed by atoms with van der Waals surface area (Å²) in [7, 11) is 0. The van der Waals surface area contributed by atoms with Gasteiger partial charge in [-0.15, -0.1) is 11.8 Å². The van der Waals surface area contributed by atoms with Gasteiger partial charge in [-0.1, -0.05) is 24.6 Å². The van der Waals surface area contributed by atoms with Crippen molar-refractivity contribution in [3.8, 4) is 0 Å². The minimum absolute atomic E-state index is 0.665. The molecule has 1 aliphatic carbocycles. The van der Waals surface area contributed by atoms with Crippen LogP contribution in [0.5, 0.6) is 0 Å². The van der Waals surface area contributed by atoms with Crippen LogP contribution in [0.25, 0.3) is 0 Å². The molecule has 1 N–H and O–H groups in total. The molecular weight excluding hydrogens is 276 g/mol. The van der Waals surface area contributed by atoms with Crippen LogP contribution in [0.1, 0.15) is 50.1 Å². The van der Waals surface area contributed by atoms with E-state index < -0.39 is 0 Å². The molecule has 114 valence electrons. The van der Waals surface area contributed by atoms with Crippen LogP contribution in [0, 0.1) is 0 Å². The van der Waals surface area contributed by atoms with Crippen molar-refractivity contribution in [2.75, 3.05) is 18.8 Å². The highest BCUT2D eigenvalue weighted by Gasteiger charge is 2.37. The molecule has 3 heteroatoms. The summed E-state index contributed by atoms with van der Waals surface area (Å²) in [5.41, 5.74) is 1.59. The second-order valence-corrected chi connectivity index (χ2v) is 7.90. The number of nitrogens with one attached hydrogen (secondary N) is 1. The van der Waals surface area contributed by atoms with Gasteiger partial charge in [-0.3, -0.25) is 4.90 Å². The van der Waals surface area contributed by atoms with Gasteiger partial charge in [-0.05, 0) is 56.0 Å². The van der Waals surface area contributed by atoms with Gasteiger partial charge in [0.25, 0.3) is 0 Å². The minimum Gasteiger partial charge on any atom is -0.313 e. The molecule has 1 saturated heterocycles. The lowest BCUT2D eigenvalue weighted by molar-refractivity contribution is 0.150. The molecule has 4 rings (SSSR count). The van der Waals surface area contributed by atoms with Gasteiger partial charge >= 0.3 is 0 Å². The SMILES string of the molecule is c1ccc2c(c1)SCCC2N(CC1CCCCN1)C1CC1. The second-order valence-electron chi connectivity index (χ2n) is 6.77. The molecule has 0 radical (unpaired) electrons. The van der Waals surface area contributed by atoms with E-state index in [2.05, 4.69) is 34.5 Å². The normalized spacial score (nSPS) is 29.4. The van der Waals surface area contributed by atoms with Gasteiger partial charge in [0.1, 0.15) is 0 Å². The molecule has 21 heavy (non-hydrogen) atoms. The molecule has 2 fully saturated rings. The van der Waals surface area contributed by atoms with E-state index >= 15 is 0 Å². The number of fused-ring (bicyclic) bond motifs is 1. The van der Waals surface area contributed by atoms with Crippen LogP contribution in [-0.2, 0) is 0 Å². The maximum Gasteiger partial charge on any atom is 0.0370 e. The predicted octanol–water partition coefficient (Wildman–Crippen LogP) is 3.83. The standard InChI is InChI=1S/C18H26N2S/c1-2-7-18-16(6-1)17(10-12-21-18)20(15-8-9-15)13-14-5-3-4-11-19-14/h1-2,6-7,14-15,17,19H,3-5,8-13H2. The maximum atomic E-state index is 3.75. The quantitative estimate of drug-likeness (QED) is 0.910. The van der Waals surface area contributed by atoms with E-state index in [0.717, 1.165) is 12.1 Å². The number of piperidine rings is 1. The average Bonchev–Trinajstić information content (AvgIpc) is 3.38. The Kier molecular flexibility index (Phi) is 4.24. The largest absolute Gasteiger partial charge is 0.313 e. The molecule has 3 aliphatic rings. The second kappa shape index (κ2) is 6.31. The van der Waals surface area contributed by atoms with E-state index in [0.29, 0.717) is 6.04 Å². The number of benzene rings is 1. The first kappa shape index (κ1) is 14.1. The summed E-state index contributed by atoms with van der Waals surface area (Å²) in [5.74, 6) is 1.28.